The largest absolute Gasteiger partial charge is 0.506 e. The number of phenolic OH excluding ortho intramolecular Hbond substituents is 2. The van der Waals surface area contributed by atoms with Crippen LogP contribution in [0.3, 0.4) is 0 Å². The van der Waals surface area contributed by atoms with Crippen LogP contribution in [0.1, 0.15) is 78.3 Å². The van der Waals surface area contributed by atoms with Gasteiger partial charge in [0.1, 0.15) is 39.7 Å². The van der Waals surface area contributed by atoms with Gasteiger partial charge in [-0.15, -0.1) is 0 Å². The van der Waals surface area contributed by atoms with Crippen LogP contribution in [0.4, 0.5) is 0 Å². The van der Waals surface area contributed by atoms with Gasteiger partial charge < -0.3 is 29.7 Å². The van der Waals surface area contributed by atoms with E-state index in [0.29, 0.717) is 38.1 Å². The van der Waals surface area contributed by atoms with Crippen molar-refractivity contribution in [3.05, 3.63) is 109 Å². The first-order valence-electron chi connectivity index (χ1n) is 16.6. The quantitative estimate of drug-likeness (QED) is 0.0776. The van der Waals surface area contributed by atoms with Gasteiger partial charge in [0.25, 0.3) is 0 Å². The maximum Gasteiger partial charge on any atom is 0.348 e. The van der Waals surface area contributed by atoms with Crippen molar-refractivity contribution in [2.45, 2.75) is 57.5 Å². The van der Waals surface area contributed by atoms with Crippen LogP contribution in [0.25, 0.3) is 0 Å². The Morgan fingerprint density at radius 3 is 1.50 bits per heavy atom. The maximum absolute atomic E-state index is 13.4. The van der Waals surface area contributed by atoms with E-state index in [1.807, 2.05) is 135 Å². The average molecular weight is 1160 g/mol. The molecule has 9 nitrogen and oxygen atoms in total. The number of carbonyl (C=O) groups is 3. The van der Waals surface area contributed by atoms with E-state index in [0.717, 1.165) is 37.1 Å². The molecule has 0 saturated carbocycles. The van der Waals surface area contributed by atoms with Crippen LogP contribution in [0, 0.1) is 20.2 Å². The number of hydrogen-bond acceptors (Lipinski definition) is 8. The van der Waals surface area contributed by atoms with E-state index in [4.69, 9.17) is 14.2 Å². The van der Waals surface area contributed by atoms with Crippen LogP contribution >= 0.6 is 90.4 Å². The summed E-state index contributed by atoms with van der Waals surface area (Å²) >= 11 is 7.91. The molecule has 274 valence electrons. The SMILES string of the molecule is CC(CCC(=O)OC(C)(C)C1CC[NH2+]CC1)(c1ccc(OC(=O)c2c(I)ccc(I)c2O)cc1)c1ccc(OC(=O)c2c(I)ccc(I)c2O)cc1. The van der Waals surface area contributed by atoms with Gasteiger partial charge in [0.05, 0.1) is 20.2 Å². The second-order valence-corrected chi connectivity index (χ2v) is 18.0. The Morgan fingerprint density at radius 1 is 0.673 bits per heavy atom. The number of esters is 3. The van der Waals surface area contributed by atoms with E-state index in [9.17, 15) is 24.6 Å². The Kier molecular flexibility index (Phi) is 13.8. The minimum absolute atomic E-state index is 0.0990. The zero-order chi connectivity index (χ0) is 37.8. The third-order valence-corrected chi connectivity index (χ3v) is 13.1. The van der Waals surface area contributed by atoms with E-state index in [2.05, 4.69) is 5.32 Å². The Balaban J connectivity index is 1.39. The monoisotopic (exact) mass is 1160 g/mol. The molecule has 4 aromatic carbocycles. The van der Waals surface area contributed by atoms with Crippen LogP contribution < -0.4 is 14.8 Å². The number of nitrogens with two attached hydrogens (primary N) is 1. The molecule has 1 heterocycles. The van der Waals surface area contributed by atoms with Crippen molar-refractivity contribution in [2.24, 2.45) is 5.92 Å². The van der Waals surface area contributed by atoms with Crippen molar-refractivity contribution < 1.29 is 44.1 Å². The van der Waals surface area contributed by atoms with Crippen molar-refractivity contribution >= 4 is 108 Å². The van der Waals surface area contributed by atoms with Crippen LogP contribution in [0.5, 0.6) is 23.0 Å². The average Bonchev–Trinajstić information content (AvgIpc) is 3.11. The van der Waals surface area contributed by atoms with Gasteiger partial charge in [0.2, 0.25) is 0 Å². The molecular formula is C39H38I4NO8+. The van der Waals surface area contributed by atoms with Crippen LogP contribution in [0.15, 0.2) is 72.8 Å². The summed E-state index contributed by atoms with van der Waals surface area (Å²) in [4.78, 5) is 39.6. The Bertz CT molecular complexity index is 1840. The fourth-order valence-corrected chi connectivity index (χ4v) is 8.64. The van der Waals surface area contributed by atoms with E-state index in [-0.39, 0.29) is 35.0 Å². The van der Waals surface area contributed by atoms with Gasteiger partial charge in [0.15, 0.2) is 0 Å². The second kappa shape index (κ2) is 17.5. The standard InChI is InChI=1S/C39H37I4NO8/c1-38(2,22-17-20-44-21-18-22)52-31(45)16-19-39(3,23-4-8-25(9-5-23)50-36(48)32-27(40)12-14-29(42)34(32)46)24-6-10-26(11-7-24)51-37(49)33-28(41)13-15-30(43)35(33)47/h4-15,22,44,46-47H,16-21H2,1-3H3/p+1. The second-order valence-electron chi connectivity index (χ2n) is 13.4. The number of quaternary nitrogens is 1. The Labute approximate surface area is 357 Å². The minimum atomic E-state index is -0.708. The van der Waals surface area contributed by atoms with Crippen LogP contribution in [-0.4, -0.2) is 46.8 Å². The van der Waals surface area contributed by atoms with Crippen LogP contribution in [0.2, 0.25) is 0 Å². The zero-order valence-electron chi connectivity index (χ0n) is 28.7. The van der Waals surface area contributed by atoms with Gasteiger partial charge in [-0.05, 0) is 170 Å². The third-order valence-electron chi connectivity index (χ3n) is 9.60. The number of ether oxygens (including phenoxy) is 3. The van der Waals surface area contributed by atoms with Gasteiger partial charge in [-0.3, -0.25) is 4.79 Å². The summed E-state index contributed by atoms with van der Waals surface area (Å²) in [5, 5.41) is 23.3. The number of benzene rings is 4. The van der Waals surface area contributed by atoms with Crippen molar-refractivity contribution in [2.75, 3.05) is 13.1 Å². The summed E-state index contributed by atoms with van der Waals surface area (Å²) in [5.41, 5.74) is 0.628. The topological polar surface area (TPSA) is 136 Å². The predicted octanol–water partition coefficient (Wildman–Crippen LogP) is 8.34. The number of aromatic hydroxyl groups is 2. The summed E-state index contributed by atoms with van der Waals surface area (Å²) in [7, 11) is 0. The molecule has 4 aromatic rings. The smallest absolute Gasteiger partial charge is 0.348 e. The highest BCUT2D eigenvalue weighted by Crippen LogP contribution is 2.39. The molecule has 4 N–H and O–H groups in total. The van der Waals surface area contributed by atoms with Crippen molar-refractivity contribution in [1.82, 2.24) is 0 Å². The highest BCUT2D eigenvalue weighted by molar-refractivity contribution is 14.1. The first-order chi connectivity index (χ1) is 24.6. The number of hydrogen-bond donors (Lipinski definition) is 3. The molecule has 0 bridgehead atoms. The lowest BCUT2D eigenvalue weighted by Gasteiger charge is -2.36. The number of phenols is 2. The summed E-state index contributed by atoms with van der Waals surface area (Å²) in [6.07, 6.45) is 2.55. The molecule has 52 heavy (non-hydrogen) atoms. The molecule has 1 aliphatic heterocycles. The van der Waals surface area contributed by atoms with E-state index in [1.165, 1.54) is 0 Å². The molecule has 0 unspecified atom stereocenters. The highest BCUT2D eigenvalue weighted by atomic mass is 127. The van der Waals surface area contributed by atoms with Gasteiger partial charge >= 0.3 is 17.9 Å². The lowest BCUT2D eigenvalue weighted by atomic mass is 9.73. The van der Waals surface area contributed by atoms with E-state index < -0.39 is 23.0 Å². The van der Waals surface area contributed by atoms with Gasteiger partial charge in [0, 0.05) is 37.7 Å². The van der Waals surface area contributed by atoms with E-state index >= 15 is 0 Å². The molecule has 1 fully saturated rings. The number of halogens is 4. The molecule has 0 aromatic heterocycles. The molecule has 5 rings (SSSR count). The fraction of sp³-hybridized carbons (Fsp3) is 0.308. The summed E-state index contributed by atoms with van der Waals surface area (Å²) < 4.78 is 19.6. The Hall–Kier alpha value is -2.23. The summed E-state index contributed by atoms with van der Waals surface area (Å²) in [6.45, 7) is 8.07. The van der Waals surface area contributed by atoms with Crippen molar-refractivity contribution in [3.63, 3.8) is 0 Å². The lowest BCUT2D eigenvalue weighted by Crippen LogP contribution is -2.86. The summed E-state index contributed by atoms with van der Waals surface area (Å²) in [6, 6.07) is 21.1. The van der Waals surface area contributed by atoms with Crippen molar-refractivity contribution in [3.8, 4) is 23.0 Å². The maximum atomic E-state index is 13.4. The molecular weight excluding hydrogens is 1120 g/mol. The number of carbonyl (C=O) groups excluding carboxylic acids is 3. The molecule has 1 aliphatic rings. The lowest BCUT2D eigenvalue weighted by molar-refractivity contribution is -0.665. The van der Waals surface area contributed by atoms with Gasteiger partial charge in [-0.25, -0.2) is 9.59 Å². The zero-order valence-corrected chi connectivity index (χ0v) is 37.3. The van der Waals surface area contributed by atoms with Gasteiger partial charge in [-0.1, -0.05) is 31.2 Å². The molecule has 0 radical (unpaired) electrons. The first-order valence-corrected chi connectivity index (χ1v) is 20.9. The van der Waals surface area contributed by atoms with Crippen molar-refractivity contribution in [1.29, 1.82) is 0 Å². The third kappa shape index (κ3) is 9.52. The first kappa shape index (κ1) is 40.9. The minimum Gasteiger partial charge on any atom is -0.506 e. The van der Waals surface area contributed by atoms with E-state index in [1.54, 1.807) is 48.5 Å². The van der Waals surface area contributed by atoms with Crippen LogP contribution in [-0.2, 0) is 14.9 Å². The van der Waals surface area contributed by atoms with Gasteiger partial charge in [-0.2, -0.15) is 0 Å². The molecule has 0 amide bonds. The summed E-state index contributed by atoms with van der Waals surface area (Å²) in [5.74, 6) is -0.979. The normalized spacial score (nSPS) is 13.8. The number of piperidine rings is 1. The fourth-order valence-electron chi connectivity index (χ4n) is 6.43. The molecule has 0 spiro atoms. The molecule has 0 atom stereocenters. The Morgan fingerprint density at radius 2 is 1.08 bits per heavy atom. The predicted molar refractivity (Wildman–Crippen MR) is 230 cm³/mol. The molecule has 1 saturated heterocycles. The molecule has 13 heteroatoms. The highest BCUT2D eigenvalue weighted by Gasteiger charge is 2.37. The molecule has 0 aliphatic carbocycles. The number of rotatable bonds is 11.